The third-order valence-corrected chi connectivity index (χ3v) is 17.9. The average Bonchev–Trinajstić information content (AvgIpc) is 4.05. The van der Waals surface area contributed by atoms with Crippen LogP contribution in [-0.2, 0) is 16.2 Å². The number of hydrogen-bond acceptors (Lipinski definition) is 4. The predicted octanol–water partition coefficient (Wildman–Crippen LogP) is 16.2. The van der Waals surface area contributed by atoms with Gasteiger partial charge in [-0.25, -0.2) is 0 Å². The first-order valence-electron chi connectivity index (χ1n) is 23.6. The zero-order chi connectivity index (χ0) is 44.6. The van der Waals surface area contributed by atoms with Crippen LogP contribution < -0.4 is 16.2 Å². The molecule has 4 aromatic heterocycles. The van der Waals surface area contributed by atoms with Gasteiger partial charge in [-0.1, -0.05) is 115 Å². The summed E-state index contributed by atoms with van der Waals surface area (Å²) in [4.78, 5) is 0. The van der Waals surface area contributed by atoms with Gasteiger partial charge in [-0.3, -0.25) is 0 Å². The molecule has 0 saturated heterocycles. The average molecular weight is 889 g/mol. The molecule has 0 fully saturated rings. The number of benzene rings is 8. The second-order valence-electron chi connectivity index (χ2n) is 21.6. The summed E-state index contributed by atoms with van der Waals surface area (Å²) >= 11 is 3.85. The summed E-state index contributed by atoms with van der Waals surface area (Å²) in [7, 11) is 0.834. The fourth-order valence-electron chi connectivity index (χ4n) is 11.8. The summed E-state index contributed by atoms with van der Waals surface area (Å²) in [6.07, 6.45) is 2.40. The zero-order valence-corrected chi connectivity index (χ0v) is 40.1. The zero-order valence-electron chi connectivity index (χ0n) is 38.5. The minimum atomic E-state index is 0.0753. The third kappa shape index (κ3) is 5.49. The van der Waals surface area contributed by atoms with Crippen molar-refractivity contribution in [2.45, 2.75) is 77.6 Å². The van der Waals surface area contributed by atoms with Crippen molar-refractivity contribution in [1.82, 2.24) is 4.57 Å². The van der Waals surface area contributed by atoms with Crippen molar-refractivity contribution in [1.29, 1.82) is 0 Å². The fourth-order valence-corrected chi connectivity index (χ4v) is 14.1. The Morgan fingerprint density at radius 3 is 2.05 bits per heavy atom. The van der Waals surface area contributed by atoms with E-state index in [1.165, 1.54) is 119 Å². The smallest absolute Gasteiger partial charge is 0.198 e. The third-order valence-electron chi connectivity index (χ3n) is 15.6. The lowest BCUT2D eigenvalue weighted by Crippen LogP contribution is -2.37. The highest BCUT2D eigenvalue weighted by Crippen LogP contribution is 2.51. The maximum absolute atomic E-state index is 6.57. The van der Waals surface area contributed by atoms with Gasteiger partial charge in [0.25, 0.3) is 0 Å². The molecule has 0 bridgehead atoms. The van der Waals surface area contributed by atoms with Gasteiger partial charge in [-0.15, -0.1) is 22.7 Å². The Bertz CT molecular complexity index is 4090. The molecule has 1 N–H and O–H groups in total. The van der Waals surface area contributed by atoms with Crippen molar-refractivity contribution in [3.05, 3.63) is 150 Å². The molecule has 5 heterocycles. The van der Waals surface area contributed by atoms with Crippen LogP contribution in [0.3, 0.4) is 0 Å². The molecule has 0 saturated carbocycles. The SMILES string of the molecule is CC(C)(C)c1ccc(Nc2cc3sc4cc5c(cc4c3cc2-c2ccc3c4cc6oc7ccccc7c6cc4n4c3c2Bc2cc3sc6ccccc6c3cc2-4)C(C)(C)CCC5(C)C)cc1. The van der Waals surface area contributed by atoms with E-state index in [0.717, 1.165) is 40.6 Å². The number of thiophene rings is 2. The van der Waals surface area contributed by atoms with Crippen molar-refractivity contribution >= 4 is 136 Å². The summed E-state index contributed by atoms with van der Waals surface area (Å²) < 4.78 is 14.5. The first-order valence-corrected chi connectivity index (χ1v) is 25.2. The van der Waals surface area contributed by atoms with E-state index in [4.69, 9.17) is 4.42 Å². The summed E-state index contributed by atoms with van der Waals surface area (Å²) in [6.45, 7) is 16.6. The van der Waals surface area contributed by atoms with Crippen LogP contribution in [0.5, 0.6) is 0 Å². The number of hydrogen-bond donors (Lipinski definition) is 1. The van der Waals surface area contributed by atoms with Crippen LogP contribution in [0.25, 0.3) is 101 Å². The van der Waals surface area contributed by atoms with E-state index >= 15 is 0 Å². The molecule has 2 aliphatic rings. The molecule has 6 heteroatoms. The Balaban J connectivity index is 1.07. The van der Waals surface area contributed by atoms with Gasteiger partial charge >= 0.3 is 0 Å². The Morgan fingerprint density at radius 2 is 1.24 bits per heavy atom. The summed E-state index contributed by atoms with van der Waals surface area (Å²) in [6, 6.07) is 51.0. The van der Waals surface area contributed by atoms with E-state index in [9.17, 15) is 0 Å². The van der Waals surface area contributed by atoms with Crippen LogP contribution in [0, 0.1) is 0 Å². The molecule has 14 rings (SSSR count). The first kappa shape index (κ1) is 38.9. The topological polar surface area (TPSA) is 30.1 Å². The van der Waals surface area contributed by atoms with Crippen molar-refractivity contribution in [3.63, 3.8) is 0 Å². The first-order chi connectivity index (χ1) is 31.8. The van der Waals surface area contributed by atoms with Crippen molar-refractivity contribution in [2.75, 3.05) is 5.32 Å². The molecule has 0 radical (unpaired) electrons. The maximum Gasteiger partial charge on any atom is 0.198 e. The highest BCUT2D eigenvalue weighted by molar-refractivity contribution is 7.26. The summed E-state index contributed by atoms with van der Waals surface area (Å²) in [5.41, 5.74) is 17.8. The highest BCUT2D eigenvalue weighted by Gasteiger charge is 2.38. The predicted molar refractivity (Wildman–Crippen MR) is 289 cm³/mol. The van der Waals surface area contributed by atoms with E-state index < -0.39 is 0 Å². The Kier molecular flexibility index (Phi) is 7.77. The van der Waals surface area contributed by atoms with Crippen molar-refractivity contribution in [3.8, 4) is 16.8 Å². The maximum atomic E-state index is 6.57. The molecule has 12 aromatic rings. The molecule has 1 aliphatic carbocycles. The summed E-state index contributed by atoms with van der Waals surface area (Å²) in [5, 5.41) is 14.2. The molecule has 1 aliphatic heterocycles. The van der Waals surface area contributed by atoms with Gasteiger partial charge in [0.2, 0.25) is 0 Å². The molecule has 0 unspecified atom stereocenters. The number of nitrogens with one attached hydrogen (secondary N) is 1. The van der Waals surface area contributed by atoms with E-state index in [-0.39, 0.29) is 16.2 Å². The molecule has 0 atom stereocenters. The monoisotopic (exact) mass is 888 g/mol. The Hall–Kier alpha value is -6.34. The minimum Gasteiger partial charge on any atom is -0.456 e. The number of furan rings is 1. The second kappa shape index (κ2) is 13.2. The number of anilines is 2. The van der Waals surface area contributed by atoms with Gasteiger partial charge in [0, 0.05) is 90.0 Å². The van der Waals surface area contributed by atoms with Gasteiger partial charge in [0.05, 0.1) is 5.52 Å². The second-order valence-corrected chi connectivity index (χ2v) is 23.8. The number of para-hydroxylation sites is 1. The van der Waals surface area contributed by atoms with Crippen molar-refractivity contribution < 1.29 is 4.42 Å². The van der Waals surface area contributed by atoms with Gasteiger partial charge in [-0.05, 0) is 130 Å². The lowest BCUT2D eigenvalue weighted by molar-refractivity contribution is 0.332. The Morgan fingerprint density at radius 1 is 0.561 bits per heavy atom. The van der Waals surface area contributed by atoms with Crippen LogP contribution in [0.1, 0.15) is 78.0 Å². The van der Waals surface area contributed by atoms with Gasteiger partial charge < -0.3 is 14.3 Å². The van der Waals surface area contributed by atoms with E-state index in [1.807, 2.05) is 22.7 Å². The lowest BCUT2D eigenvalue weighted by atomic mass is 9.59. The van der Waals surface area contributed by atoms with Crippen LogP contribution in [0.4, 0.5) is 11.4 Å². The largest absolute Gasteiger partial charge is 0.456 e. The number of nitrogens with zero attached hydrogens (tertiary/aromatic N) is 1. The van der Waals surface area contributed by atoms with E-state index in [1.54, 1.807) is 0 Å². The van der Waals surface area contributed by atoms with Gasteiger partial charge in [0.15, 0.2) is 7.28 Å². The number of aromatic nitrogens is 1. The molecule has 0 amide bonds. The number of rotatable bonds is 3. The molecule has 3 nitrogen and oxygen atoms in total. The van der Waals surface area contributed by atoms with Crippen molar-refractivity contribution in [2.24, 2.45) is 0 Å². The lowest BCUT2D eigenvalue weighted by Gasteiger charge is -2.41. The normalized spacial score (nSPS) is 15.4. The number of fused-ring (bicyclic) bond motifs is 15. The molecular weight excluding hydrogens is 840 g/mol. The van der Waals surface area contributed by atoms with Crippen LogP contribution in [-0.4, -0.2) is 11.8 Å². The molecule has 8 aromatic carbocycles. The fraction of sp³-hybridized carbons (Fsp3) is 0.200. The van der Waals surface area contributed by atoms with Crippen LogP contribution in [0.15, 0.2) is 138 Å². The molecule has 66 heavy (non-hydrogen) atoms. The van der Waals surface area contributed by atoms with Gasteiger partial charge in [0.1, 0.15) is 11.2 Å². The van der Waals surface area contributed by atoms with Crippen LogP contribution >= 0.6 is 22.7 Å². The minimum absolute atomic E-state index is 0.0753. The highest BCUT2D eigenvalue weighted by atomic mass is 32.1. The molecule has 0 spiro atoms. The standard InChI is InChI=1S/C60H49BN2OS2/c1-58(2,3)32-16-18-33(19-17-32)62-47-31-55-41(42-25-44-45(29-53(42)66-55)60(6,7)23-22-59(44,4)5)24-38(47)36-20-21-37-39-28-51-40(34-12-8-10-14-50(34)64-51)26-48(39)63-49-27-43-35-13-9-11-15-52(35)65-54(43)30-46(49)61-56(36)57(37)63/h8-21,24-31,61-62H,22-23H2,1-7H3. The van der Waals surface area contributed by atoms with E-state index in [2.05, 4.69) is 192 Å². The van der Waals surface area contributed by atoms with E-state index in [0.29, 0.717) is 0 Å². The Labute approximate surface area is 392 Å². The quantitative estimate of drug-likeness (QED) is 0.179. The summed E-state index contributed by atoms with van der Waals surface area (Å²) in [5.74, 6) is 0. The van der Waals surface area contributed by atoms with Gasteiger partial charge in [-0.2, -0.15) is 0 Å². The molecule has 320 valence electrons. The van der Waals surface area contributed by atoms with Crippen LogP contribution in [0.2, 0.25) is 0 Å². The molecular formula is C60H49BN2OS2.